The maximum atomic E-state index is 11.7. The summed E-state index contributed by atoms with van der Waals surface area (Å²) in [6.45, 7) is 1.89. The highest BCUT2D eigenvalue weighted by Gasteiger charge is 2.04. The van der Waals surface area contributed by atoms with Gasteiger partial charge in [-0.15, -0.1) is 0 Å². The van der Waals surface area contributed by atoms with Crippen molar-refractivity contribution in [1.82, 2.24) is 0 Å². The Morgan fingerprint density at radius 2 is 1.79 bits per heavy atom. The predicted octanol–water partition coefficient (Wildman–Crippen LogP) is 4.00. The third-order valence-electron chi connectivity index (χ3n) is 2.53. The summed E-state index contributed by atoms with van der Waals surface area (Å²) in [5.41, 5.74) is 2.06. The van der Waals surface area contributed by atoms with Gasteiger partial charge in [-0.3, -0.25) is 0 Å². The van der Waals surface area contributed by atoms with Crippen LogP contribution in [0, 0.1) is 6.92 Å². The highest BCUT2D eigenvalue weighted by molar-refractivity contribution is 6.31. The zero-order chi connectivity index (χ0) is 13.8. The molecule has 0 saturated carbocycles. The van der Waals surface area contributed by atoms with Crippen molar-refractivity contribution >= 4 is 29.0 Å². The summed E-state index contributed by atoms with van der Waals surface area (Å²) < 4.78 is 0. The molecule has 2 amide bonds. The molecule has 2 aromatic carbocycles. The lowest BCUT2D eigenvalue weighted by Crippen LogP contribution is -2.19. The number of phenols is 1. The zero-order valence-corrected chi connectivity index (χ0v) is 11.0. The van der Waals surface area contributed by atoms with Gasteiger partial charge in [-0.1, -0.05) is 23.7 Å². The smallest absolute Gasteiger partial charge is 0.323 e. The molecule has 4 nitrogen and oxygen atoms in total. The SMILES string of the molecule is Cc1ccc(NC(=O)Nc2cccc(O)c2)cc1Cl. The molecule has 0 heterocycles. The molecule has 0 radical (unpaired) electrons. The Kier molecular flexibility index (Phi) is 3.92. The Balaban J connectivity index is 2.03. The molecular weight excluding hydrogens is 264 g/mol. The van der Waals surface area contributed by atoms with Crippen LogP contribution in [0.2, 0.25) is 5.02 Å². The molecule has 2 rings (SSSR count). The molecule has 0 unspecified atom stereocenters. The minimum atomic E-state index is -0.398. The van der Waals surface area contributed by atoms with E-state index in [1.807, 2.05) is 13.0 Å². The van der Waals surface area contributed by atoms with E-state index in [0.717, 1.165) is 5.56 Å². The number of halogens is 1. The lowest BCUT2D eigenvalue weighted by atomic mass is 10.2. The van der Waals surface area contributed by atoms with Crippen LogP contribution in [0.25, 0.3) is 0 Å². The van der Waals surface area contributed by atoms with Gasteiger partial charge in [-0.05, 0) is 36.8 Å². The van der Waals surface area contributed by atoms with Gasteiger partial charge in [-0.2, -0.15) is 0 Å². The number of aryl methyl sites for hydroxylation is 1. The lowest BCUT2D eigenvalue weighted by molar-refractivity contribution is 0.262. The fraction of sp³-hybridized carbons (Fsp3) is 0.0714. The predicted molar refractivity (Wildman–Crippen MR) is 76.9 cm³/mol. The Morgan fingerprint density at radius 1 is 1.11 bits per heavy atom. The first-order chi connectivity index (χ1) is 9.04. The van der Waals surface area contributed by atoms with Crippen LogP contribution >= 0.6 is 11.6 Å². The second-order valence-corrected chi connectivity index (χ2v) is 4.50. The van der Waals surface area contributed by atoms with Crippen LogP contribution in [0.5, 0.6) is 5.75 Å². The summed E-state index contributed by atoms with van der Waals surface area (Å²) in [6.07, 6.45) is 0. The molecule has 0 aliphatic heterocycles. The van der Waals surface area contributed by atoms with E-state index in [0.29, 0.717) is 16.4 Å². The first kappa shape index (κ1) is 13.2. The van der Waals surface area contributed by atoms with Crippen molar-refractivity contribution in [2.75, 3.05) is 10.6 Å². The third-order valence-corrected chi connectivity index (χ3v) is 2.94. The molecule has 19 heavy (non-hydrogen) atoms. The van der Waals surface area contributed by atoms with Crippen molar-refractivity contribution in [3.8, 4) is 5.75 Å². The van der Waals surface area contributed by atoms with E-state index < -0.39 is 6.03 Å². The molecule has 2 aromatic rings. The number of nitrogens with one attached hydrogen (secondary N) is 2. The van der Waals surface area contributed by atoms with E-state index in [1.54, 1.807) is 24.3 Å². The molecule has 0 atom stereocenters. The third kappa shape index (κ3) is 3.63. The van der Waals surface area contributed by atoms with Gasteiger partial charge in [0, 0.05) is 22.5 Å². The number of carbonyl (C=O) groups is 1. The Hall–Kier alpha value is -2.20. The summed E-state index contributed by atoms with van der Waals surface area (Å²) in [4.78, 5) is 11.7. The number of hydrogen-bond acceptors (Lipinski definition) is 2. The van der Waals surface area contributed by atoms with Gasteiger partial charge in [0.05, 0.1) is 0 Å². The standard InChI is InChI=1S/C14H13ClN2O2/c1-9-5-6-11(8-13(9)15)17-14(19)16-10-3-2-4-12(18)7-10/h2-8,18H,1H3,(H2,16,17,19). The van der Waals surface area contributed by atoms with E-state index >= 15 is 0 Å². The fourth-order valence-corrected chi connectivity index (χ4v) is 1.73. The number of rotatable bonds is 2. The van der Waals surface area contributed by atoms with E-state index in [2.05, 4.69) is 10.6 Å². The highest BCUT2D eigenvalue weighted by Crippen LogP contribution is 2.20. The number of hydrogen-bond donors (Lipinski definition) is 3. The fourth-order valence-electron chi connectivity index (χ4n) is 1.55. The summed E-state index contributed by atoms with van der Waals surface area (Å²) in [6, 6.07) is 11.2. The van der Waals surface area contributed by atoms with Crippen LogP contribution in [0.3, 0.4) is 0 Å². The summed E-state index contributed by atoms with van der Waals surface area (Å²) in [7, 11) is 0. The van der Waals surface area contributed by atoms with Gasteiger partial charge in [-0.25, -0.2) is 4.79 Å². The van der Waals surface area contributed by atoms with E-state index in [9.17, 15) is 9.90 Å². The number of phenolic OH excluding ortho intramolecular Hbond substituents is 1. The average Bonchev–Trinajstić information content (AvgIpc) is 2.34. The normalized spacial score (nSPS) is 10.0. The minimum Gasteiger partial charge on any atom is -0.508 e. The molecule has 3 N–H and O–H groups in total. The number of amides is 2. The minimum absolute atomic E-state index is 0.0937. The van der Waals surface area contributed by atoms with Crippen LogP contribution in [-0.2, 0) is 0 Å². The van der Waals surface area contributed by atoms with E-state index in [1.165, 1.54) is 12.1 Å². The molecular formula is C14H13ClN2O2. The topological polar surface area (TPSA) is 61.4 Å². The summed E-state index contributed by atoms with van der Waals surface area (Å²) in [5.74, 6) is 0.0937. The molecule has 0 fully saturated rings. The molecule has 0 aliphatic rings. The molecule has 98 valence electrons. The molecule has 0 spiro atoms. The molecule has 0 bridgehead atoms. The number of benzene rings is 2. The van der Waals surface area contributed by atoms with Crippen molar-refractivity contribution in [3.63, 3.8) is 0 Å². The first-order valence-corrected chi connectivity index (χ1v) is 6.05. The first-order valence-electron chi connectivity index (χ1n) is 5.68. The van der Waals surface area contributed by atoms with Gasteiger partial charge < -0.3 is 15.7 Å². The van der Waals surface area contributed by atoms with Crippen molar-refractivity contribution in [1.29, 1.82) is 0 Å². The number of anilines is 2. The van der Waals surface area contributed by atoms with Gasteiger partial charge in [0.15, 0.2) is 0 Å². The van der Waals surface area contributed by atoms with Crippen LogP contribution in [0.4, 0.5) is 16.2 Å². The van der Waals surface area contributed by atoms with Gasteiger partial charge in [0.2, 0.25) is 0 Å². The number of carbonyl (C=O) groups excluding carboxylic acids is 1. The Bertz CT molecular complexity index is 614. The average molecular weight is 277 g/mol. The quantitative estimate of drug-likeness (QED) is 0.776. The van der Waals surface area contributed by atoms with Gasteiger partial charge in [0.1, 0.15) is 5.75 Å². The molecule has 0 aromatic heterocycles. The van der Waals surface area contributed by atoms with Crippen LogP contribution in [0.1, 0.15) is 5.56 Å². The van der Waals surface area contributed by atoms with Crippen molar-refractivity contribution < 1.29 is 9.90 Å². The summed E-state index contributed by atoms with van der Waals surface area (Å²) >= 11 is 5.97. The van der Waals surface area contributed by atoms with Crippen LogP contribution in [-0.4, -0.2) is 11.1 Å². The second-order valence-electron chi connectivity index (χ2n) is 4.09. The molecule has 0 aliphatic carbocycles. The van der Waals surface area contributed by atoms with E-state index in [4.69, 9.17) is 11.6 Å². The number of aromatic hydroxyl groups is 1. The zero-order valence-electron chi connectivity index (χ0n) is 10.3. The van der Waals surface area contributed by atoms with Crippen molar-refractivity contribution in [3.05, 3.63) is 53.1 Å². The number of urea groups is 1. The molecule has 0 saturated heterocycles. The lowest BCUT2D eigenvalue weighted by Gasteiger charge is -2.08. The summed E-state index contributed by atoms with van der Waals surface area (Å²) in [5, 5.41) is 15.2. The maximum Gasteiger partial charge on any atom is 0.323 e. The van der Waals surface area contributed by atoms with Crippen LogP contribution in [0.15, 0.2) is 42.5 Å². The van der Waals surface area contributed by atoms with Gasteiger partial charge >= 0.3 is 6.03 Å². The maximum absolute atomic E-state index is 11.7. The monoisotopic (exact) mass is 276 g/mol. The Morgan fingerprint density at radius 3 is 2.42 bits per heavy atom. The largest absolute Gasteiger partial charge is 0.508 e. The van der Waals surface area contributed by atoms with Crippen molar-refractivity contribution in [2.24, 2.45) is 0 Å². The second kappa shape index (κ2) is 5.63. The Labute approximate surface area is 116 Å². The van der Waals surface area contributed by atoms with Crippen LogP contribution < -0.4 is 10.6 Å². The highest BCUT2D eigenvalue weighted by atomic mass is 35.5. The van der Waals surface area contributed by atoms with E-state index in [-0.39, 0.29) is 5.75 Å². The molecule has 5 heteroatoms. The van der Waals surface area contributed by atoms with Gasteiger partial charge in [0.25, 0.3) is 0 Å². The van der Waals surface area contributed by atoms with Crippen molar-refractivity contribution in [2.45, 2.75) is 6.92 Å².